The Bertz CT molecular complexity index is 978. The van der Waals surface area contributed by atoms with E-state index < -0.39 is 0 Å². The summed E-state index contributed by atoms with van der Waals surface area (Å²) in [4.78, 5) is 26.1. The predicted molar refractivity (Wildman–Crippen MR) is 113 cm³/mol. The number of benzene rings is 2. The van der Waals surface area contributed by atoms with Crippen LogP contribution >= 0.6 is 0 Å². The molecule has 0 aliphatic carbocycles. The van der Waals surface area contributed by atoms with Gasteiger partial charge in [0.1, 0.15) is 12.4 Å². The van der Waals surface area contributed by atoms with E-state index in [0.29, 0.717) is 12.0 Å². The van der Waals surface area contributed by atoms with Crippen LogP contribution in [-0.4, -0.2) is 44.1 Å². The Labute approximate surface area is 170 Å². The summed E-state index contributed by atoms with van der Waals surface area (Å²) in [6.07, 6.45) is 6.42. The minimum absolute atomic E-state index is 0.141. The first-order valence-electron chi connectivity index (χ1n) is 9.57. The average molecular weight is 394 g/mol. The number of ether oxygens (including phenoxy) is 2. The second-order valence-electron chi connectivity index (χ2n) is 7.00. The average Bonchev–Trinajstić information content (AvgIpc) is 2.72. The zero-order chi connectivity index (χ0) is 20.8. The summed E-state index contributed by atoms with van der Waals surface area (Å²) in [5.41, 5.74) is 2.67. The smallest absolute Gasteiger partial charge is 0.310 e. The van der Waals surface area contributed by atoms with Crippen molar-refractivity contribution < 1.29 is 19.1 Å². The van der Waals surface area contributed by atoms with Crippen LogP contribution in [-0.2, 0) is 20.7 Å². The van der Waals surface area contributed by atoms with Crippen LogP contribution in [0, 0.1) is 6.92 Å². The fourth-order valence-electron chi connectivity index (χ4n) is 3.32. The van der Waals surface area contributed by atoms with Gasteiger partial charge in [-0.1, -0.05) is 24.3 Å². The number of fused-ring (bicyclic) bond motifs is 1. The minimum atomic E-state index is -0.310. The molecule has 0 fully saturated rings. The number of hydrogen-bond acceptors (Lipinski definition) is 5. The Kier molecular flexibility index (Phi) is 6.54. The van der Waals surface area contributed by atoms with Crippen molar-refractivity contribution in [3.8, 4) is 5.75 Å². The Balaban J connectivity index is 1.49. The minimum Gasteiger partial charge on any atom is -0.497 e. The van der Waals surface area contributed by atoms with Crippen molar-refractivity contribution in [2.75, 3.05) is 27.3 Å². The highest BCUT2D eigenvalue weighted by Crippen LogP contribution is 2.26. The SMILES string of the molecule is COc1ccc2c(C)c(CC(=O)OCCNC(=O)C3=CN(C)C=CC3)ccc2c1. The molecular formula is C23H26N2O4. The highest BCUT2D eigenvalue weighted by molar-refractivity contribution is 5.93. The second-order valence-corrected chi connectivity index (χ2v) is 7.00. The molecule has 0 bridgehead atoms. The molecule has 2 aromatic carbocycles. The lowest BCUT2D eigenvalue weighted by molar-refractivity contribution is -0.143. The van der Waals surface area contributed by atoms with Gasteiger partial charge in [-0.3, -0.25) is 9.59 Å². The number of nitrogens with zero attached hydrogens (tertiary/aromatic N) is 1. The molecule has 0 spiro atoms. The molecule has 0 unspecified atom stereocenters. The number of methoxy groups -OCH3 is 1. The van der Waals surface area contributed by atoms with E-state index in [0.717, 1.165) is 27.6 Å². The van der Waals surface area contributed by atoms with E-state index in [1.807, 2.05) is 61.5 Å². The van der Waals surface area contributed by atoms with Crippen molar-refractivity contribution in [1.82, 2.24) is 10.2 Å². The van der Waals surface area contributed by atoms with Crippen molar-refractivity contribution in [1.29, 1.82) is 0 Å². The number of amides is 1. The van der Waals surface area contributed by atoms with E-state index in [1.54, 1.807) is 13.3 Å². The van der Waals surface area contributed by atoms with Crippen LogP contribution in [0.3, 0.4) is 0 Å². The monoisotopic (exact) mass is 394 g/mol. The first kappa shape index (κ1) is 20.5. The van der Waals surface area contributed by atoms with Crippen LogP contribution in [0.5, 0.6) is 5.75 Å². The summed E-state index contributed by atoms with van der Waals surface area (Å²) >= 11 is 0. The van der Waals surface area contributed by atoms with Gasteiger partial charge in [0.05, 0.1) is 20.1 Å². The van der Waals surface area contributed by atoms with Crippen LogP contribution in [0.1, 0.15) is 17.5 Å². The molecule has 6 nitrogen and oxygen atoms in total. The standard InChI is InChI=1S/C23H26N2O4/c1-16-17(6-7-18-13-20(28-3)8-9-21(16)18)14-22(26)29-12-10-24-23(27)19-5-4-11-25(2)15-19/h4,6-9,11,13,15H,5,10,12,14H2,1-3H3,(H,24,27). The van der Waals surface area contributed by atoms with Crippen LogP contribution < -0.4 is 10.1 Å². The summed E-state index contributed by atoms with van der Waals surface area (Å²) in [6, 6.07) is 9.81. The molecule has 0 aromatic heterocycles. The molecule has 2 aromatic rings. The van der Waals surface area contributed by atoms with Crippen molar-refractivity contribution in [2.45, 2.75) is 19.8 Å². The highest BCUT2D eigenvalue weighted by atomic mass is 16.5. The molecule has 0 radical (unpaired) electrons. The Hall–Kier alpha value is -3.28. The summed E-state index contributed by atoms with van der Waals surface area (Å²) in [5, 5.41) is 4.94. The molecular weight excluding hydrogens is 368 g/mol. The van der Waals surface area contributed by atoms with E-state index in [-0.39, 0.29) is 31.4 Å². The zero-order valence-corrected chi connectivity index (χ0v) is 17.0. The second kappa shape index (κ2) is 9.28. The van der Waals surface area contributed by atoms with E-state index >= 15 is 0 Å². The largest absolute Gasteiger partial charge is 0.497 e. The van der Waals surface area contributed by atoms with Gasteiger partial charge in [-0.15, -0.1) is 0 Å². The third kappa shape index (κ3) is 5.16. The maximum atomic E-state index is 12.2. The maximum Gasteiger partial charge on any atom is 0.310 e. The molecule has 1 amide bonds. The lowest BCUT2D eigenvalue weighted by atomic mass is 9.98. The van der Waals surface area contributed by atoms with Gasteiger partial charge in [-0.25, -0.2) is 0 Å². The Morgan fingerprint density at radius 3 is 2.79 bits per heavy atom. The van der Waals surface area contributed by atoms with Crippen LogP contribution in [0.15, 0.2) is 54.4 Å². The molecule has 1 aliphatic heterocycles. The number of esters is 1. The molecule has 1 aliphatic rings. The van der Waals surface area contributed by atoms with Gasteiger partial charge in [0.15, 0.2) is 0 Å². The molecule has 0 atom stereocenters. The highest BCUT2D eigenvalue weighted by Gasteiger charge is 2.13. The van der Waals surface area contributed by atoms with Gasteiger partial charge < -0.3 is 19.7 Å². The summed E-state index contributed by atoms with van der Waals surface area (Å²) in [7, 11) is 3.51. The maximum absolute atomic E-state index is 12.2. The van der Waals surface area contributed by atoms with Gasteiger partial charge in [0.25, 0.3) is 0 Å². The van der Waals surface area contributed by atoms with Gasteiger partial charge in [0, 0.05) is 18.8 Å². The summed E-state index contributed by atoms with van der Waals surface area (Å²) in [5.74, 6) is 0.352. The Morgan fingerprint density at radius 1 is 1.21 bits per heavy atom. The van der Waals surface area contributed by atoms with Gasteiger partial charge in [-0.2, -0.15) is 0 Å². The quantitative estimate of drug-likeness (QED) is 0.577. The first-order valence-corrected chi connectivity index (χ1v) is 9.57. The summed E-state index contributed by atoms with van der Waals surface area (Å²) < 4.78 is 10.6. The van der Waals surface area contributed by atoms with Crippen molar-refractivity contribution >= 4 is 22.6 Å². The molecule has 0 saturated carbocycles. The first-order chi connectivity index (χ1) is 14.0. The fourth-order valence-corrected chi connectivity index (χ4v) is 3.32. The van der Waals surface area contributed by atoms with Crippen LogP contribution in [0.25, 0.3) is 10.8 Å². The number of carbonyl (C=O) groups excluding carboxylic acids is 2. The third-order valence-corrected chi connectivity index (χ3v) is 4.92. The fraction of sp³-hybridized carbons (Fsp3) is 0.304. The predicted octanol–water partition coefficient (Wildman–Crippen LogP) is 3.09. The number of allylic oxidation sites excluding steroid dienone is 1. The van der Waals surface area contributed by atoms with Gasteiger partial charge >= 0.3 is 5.97 Å². The van der Waals surface area contributed by atoms with E-state index in [9.17, 15) is 9.59 Å². The number of carbonyl (C=O) groups is 2. The molecule has 1 N–H and O–H groups in total. The zero-order valence-electron chi connectivity index (χ0n) is 17.0. The topological polar surface area (TPSA) is 67.9 Å². The molecule has 1 heterocycles. The van der Waals surface area contributed by atoms with Crippen molar-refractivity contribution in [3.05, 3.63) is 65.5 Å². The lowest BCUT2D eigenvalue weighted by Gasteiger charge is -2.16. The van der Waals surface area contributed by atoms with Crippen molar-refractivity contribution in [3.63, 3.8) is 0 Å². The van der Waals surface area contributed by atoms with Gasteiger partial charge in [-0.05, 0) is 53.6 Å². The Morgan fingerprint density at radius 2 is 2.03 bits per heavy atom. The number of nitrogens with one attached hydrogen (secondary N) is 1. The molecule has 0 saturated heterocycles. The molecule has 29 heavy (non-hydrogen) atoms. The normalized spacial score (nSPS) is 13.2. The number of aryl methyl sites for hydroxylation is 1. The molecule has 152 valence electrons. The van der Waals surface area contributed by atoms with Crippen molar-refractivity contribution in [2.24, 2.45) is 0 Å². The van der Waals surface area contributed by atoms with Crippen LogP contribution in [0.4, 0.5) is 0 Å². The molecule has 6 heteroatoms. The lowest BCUT2D eigenvalue weighted by Crippen LogP contribution is -2.30. The third-order valence-electron chi connectivity index (χ3n) is 4.92. The number of rotatable bonds is 7. The van der Waals surface area contributed by atoms with Crippen LogP contribution in [0.2, 0.25) is 0 Å². The van der Waals surface area contributed by atoms with E-state index in [2.05, 4.69) is 5.32 Å². The van der Waals surface area contributed by atoms with Gasteiger partial charge in [0.2, 0.25) is 5.91 Å². The number of hydrogen-bond donors (Lipinski definition) is 1. The molecule has 3 rings (SSSR count). The van der Waals surface area contributed by atoms with E-state index in [1.165, 1.54) is 0 Å². The van der Waals surface area contributed by atoms with E-state index in [4.69, 9.17) is 9.47 Å². The summed E-state index contributed by atoms with van der Waals surface area (Å²) in [6.45, 7) is 2.43.